The van der Waals surface area contributed by atoms with Crippen LogP contribution in [0.1, 0.15) is 24.8 Å². The predicted molar refractivity (Wildman–Crippen MR) is 65.9 cm³/mol. The highest BCUT2D eigenvalue weighted by Gasteiger charge is 2.69. The average Bonchev–Trinajstić information content (AvgIpc) is 3.06. The Bertz CT molecular complexity index is 509. The second-order valence-corrected chi connectivity index (χ2v) is 5.07. The van der Waals surface area contributed by atoms with E-state index < -0.39 is 11.5 Å². The zero-order chi connectivity index (χ0) is 13.0. The summed E-state index contributed by atoms with van der Waals surface area (Å²) in [6, 6.07) is 6.95. The van der Waals surface area contributed by atoms with E-state index in [1.807, 2.05) is 0 Å². The van der Waals surface area contributed by atoms with E-state index in [0.717, 1.165) is 0 Å². The van der Waals surface area contributed by atoms with Gasteiger partial charge in [0.15, 0.2) is 0 Å². The molecule has 18 heavy (non-hydrogen) atoms. The summed E-state index contributed by atoms with van der Waals surface area (Å²) in [4.78, 5) is 1.54. The molecule has 0 bridgehead atoms. The first-order valence-corrected chi connectivity index (χ1v) is 6.07. The van der Waals surface area contributed by atoms with Gasteiger partial charge in [-0.15, -0.1) is 0 Å². The van der Waals surface area contributed by atoms with Gasteiger partial charge < -0.3 is 10.6 Å². The minimum absolute atomic E-state index is 0.128. The molecule has 3 nitrogen and oxygen atoms in total. The molecule has 1 heterocycles. The van der Waals surface area contributed by atoms with Gasteiger partial charge in [-0.25, -0.2) is 8.78 Å². The van der Waals surface area contributed by atoms with E-state index in [1.54, 1.807) is 29.2 Å². The zero-order valence-electron chi connectivity index (χ0n) is 9.92. The molecule has 1 aliphatic carbocycles. The van der Waals surface area contributed by atoms with Crippen LogP contribution in [0, 0.1) is 5.41 Å². The van der Waals surface area contributed by atoms with Crippen LogP contribution in [0.3, 0.4) is 0 Å². The molecule has 2 fully saturated rings. The van der Waals surface area contributed by atoms with Gasteiger partial charge in [0.25, 0.3) is 5.92 Å². The van der Waals surface area contributed by atoms with Gasteiger partial charge >= 0.3 is 0 Å². The number of hydrogen-bond acceptors (Lipinski definition) is 2. The molecule has 0 amide bonds. The van der Waals surface area contributed by atoms with Crippen LogP contribution in [0.4, 0.5) is 14.5 Å². The number of halogens is 2. The summed E-state index contributed by atoms with van der Waals surface area (Å²) >= 11 is 0. The van der Waals surface area contributed by atoms with E-state index in [1.165, 1.54) is 0 Å². The van der Waals surface area contributed by atoms with Gasteiger partial charge in [0.2, 0.25) is 0 Å². The fraction of sp³-hybridized carbons (Fsp3) is 0.462. The van der Waals surface area contributed by atoms with Gasteiger partial charge in [-0.3, -0.25) is 5.41 Å². The Hall–Kier alpha value is -1.65. The summed E-state index contributed by atoms with van der Waals surface area (Å²) in [5.41, 5.74) is 5.72. The number of para-hydroxylation sites is 1. The van der Waals surface area contributed by atoms with Crippen molar-refractivity contribution in [2.24, 2.45) is 0 Å². The number of nitrogen functional groups attached to an aromatic ring is 1. The molecule has 3 N–H and O–H groups in total. The number of amidine groups is 1. The van der Waals surface area contributed by atoms with Gasteiger partial charge in [-0.05, 0) is 25.0 Å². The molecule has 1 aromatic rings. The number of nitrogens with two attached hydrogens (primary N) is 1. The fourth-order valence-electron chi connectivity index (χ4n) is 2.83. The lowest BCUT2D eigenvalue weighted by Crippen LogP contribution is -2.45. The lowest BCUT2D eigenvalue weighted by molar-refractivity contribution is -0.0353. The van der Waals surface area contributed by atoms with Crippen LogP contribution >= 0.6 is 0 Å². The van der Waals surface area contributed by atoms with Crippen LogP contribution in [0.2, 0.25) is 0 Å². The lowest BCUT2D eigenvalue weighted by atomic mass is 10.1. The molecular weight excluding hydrogens is 236 g/mol. The monoisotopic (exact) mass is 251 g/mol. The van der Waals surface area contributed by atoms with E-state index in [-0.39, 0.29) is 18.8 Å². The van der Waals surface area contributed by atoms with Crippen LogP contribution in [-0.2, 0) is 0 Å². The van der Waals surface area contributed by atoms with Gasteiger partial charge in [0.05, 0.1) is 0 Å². The lowest BCUT2D eigenvalue weighted by Gasteiger charge is -2.30. The van der Waals surface area contributed by atoms with E-state index in [2.05, 4.69) is 0 Å². The maximum atomic E-state index is 13.8. The normalized spacial score (nSPS) is 23.3. The molecule has 3 rings (SSSR count). The molecule has 5 heteroatoms. The van der Waals surface area contributed by atoms with Crippen molar-refractivity contribution >= 4 is 11.5 Å². The molecule has 2 aliphatic rings. The minimum atomic E-state index is -2.68. The SMILES string of the molecule is N=C(c1ccccc1N)N1CCC(F)(F)C12CC2. The summed E-state index contributed by atoms with van der Waals surface area (Å²) in [5.74, 6) is -2.55. The van der Waals surface area contributed by atoms with E-state index in [0.29, 0.717) is 24.1 Å². The highest BCUT2D eigenvalue weighted by atomic mass is 19.3. The van der Waals surface area contributed by atoms with Crippen molar-refractivity contribution in [3.05, 3.63) is 29.8 Å². The van der Waals surface area contributed by atoms with Gasteiger partial charge in [-0.1, -0.05) is 12.1 Å². The first-order valence-electron chi connectivity index (χ1n) is 6.07. The molecule has 1 spiro atoms. The van der Waals surface area contributed by atoms with Crippen LogP contribution in [0.15, 0.2) is 24.3 Å². The van der Waals surface area contributed by atoms with Crippen LogP contribution < -0.4 is 5.73 Å². The fourth-order valence-corrected chi connectivity index (χ4v) is 2.83. The van der Waals surface area contributed by atoms with Crippen molar-refractivity contribution in [2.75, 3.05) is 12.3 Å². The van der Waals surface area contributed by atoms with Crippen molar-refractivity contribution in [2.45, 2.75) is 30.7 Å². The molecule has 1 aromatic carbocycles. The molecule has 0 unspecified atom stereocenters. The second kappa shape index (κ2) is 3.43. The molecular formula is C13H15F2N3. The molecule has 96 valence electrons. The summed E-state index contributed by atoms with van der Waals surface area (Å²) in [6.07, 6.45) is 0.770. The van der Waals surface area contributed by atoms with Crippen LogP contribution in [0.25, 0.3) is 0 Å². The Morgan fingerprint density at radius 3 is 2.50 bits per heavy atom. The molecule has 1 saturated carbocycles. The Morgan fingerprint density at radius 2 is 1.89 bits per heavy atom. The third-order valence-corrected chi connectivity index (χ3v) is 4.06. The number of anilines is 1. The number of nitrogens with zero attached hydrogens (tertiary/aromatic N) is 1. The molecule has 0 aromatic heterocycles. The van der Waals surface area contributed by atoms with Crippen molar-refractivity contribution in [3.63, 3.8) is 0 Å². The number of rotatable bonds is 1. The predicted octanol–water partition coefficient (Wildman–Crippen LogP) is 2.47. The highest BCUT2D eigenvalue weighted by molar-refractivity contribution is 6.01. The van der Waals surface area contributed by atoms with Gasteiger partial charge in [-0.2, -0.15) is 0 Å². The summed E-state index contributed by atoms with van der Waals surface area (Å²) in [6.45, 7) is 0.236. The molecule has 0 atom stereocenters. The van der Waals surface area contributed by atoms with E-state index >= 15 is 0 Å². The van der Waals surface area contributed by atoms with Crippen molar-refractivity contribution in [1.82, 2.24) is 4.90 Å². The summed E-state index contributed by atoms with van der Waals surface area (Å²) in [7, 11) is 0. The first-order chi connectivity index (χ1) is 8.48. The Labute approximate surface area is 104 Å². The number of nitrogens with one attached hydrogen (secondary N) is 1. The Balaban J connectivity index is 1.94. The number of alkyl halides is 2. The standard InChI is InChI=1S/C13H15F2N3/c14-13(15)7-8-18(12(13)5-6-12)11(17)9-3-1-2-4-10(9)16/h1-4,17H,5-8,16H2. The Morgan fingerprint density at radius 1 is 1.22 bits per heavy atom. The average molecular weight is 251 g/mol. The van der Waals surface area contributed by atoms with Crippen LogP contribution in [-0.4, -0.2) is 28.7 Å². The third-order valence-electron chi connectivity index (χ3n) is 4.06. The van der Waals surface area contributed by atoms with Crippen LogP contribution in [0.5, 0.6) is 0 Å². The molecule has 0 radical (unpaired) electrons. The van der Waals surface area contributed by atoms with Gasteiger partial charge in [0, 0.05) is 24.2 Å². The minimum Gasteiger partial charge on any atom is -0.398 e. The van der Waals surface area contributed by atoms with Gasteiger partial charge in [0.1, 0.15) is 11.4 Å². The first kappa shape index (κ1) is 11.4. The Kier molecular flexibility index (Phi) is 2.18. The molecule has 1 aliphatic heterocycles. The topological polar surface area (TPSA) is 53.1 Å². The number of hydrogen-bond donors (Lipinski definition) is 2. The maximum Gasteiger partial charge on any atom is 0.272 e. The van der Waals surface area contributed by atoms with E-state index in [4.69, 9.17) is 11.1 Å². The third kappa shape index (κ3) is 1.36. The largest absolute Gasteiger partial charge is 0.398 e. The molecule has 1 saturated heterocycles. The second-order valence-electron chi connectivity index (χ2n) is 5.07. The summed E-state index contributed by atoms with van der Waals surface area (Å²) < 4.78 is 27.7. The quantitative estimate of drug-likeness (QED) is 0.457. The smallest absolute Gasteiger partial charge is 0.272 e. The highest BCUT2D eigenvalue weighted by Crippen LogP contribution is 2.58. The van der Waals surface area contributed by atoms with Crippen molar-refractivity contribution < 1.29 is 8.78 Å². The van der Waals surface area contributed by atoms with Crippen molar-refractivity contribution in [1.29, 1.82) is 5.41 Å². The summed E-state index contributed by atoms with van der Waals surface area (Å²) in [5, 5.41) is 8.15. The van der Waals surface area contributed by atoms with E-state index in [9.17, 15) is 8.78 Å². The maximum absolute atomic E-state index is 13.8. The number of likely N-dealkylation sites (tertiary alicyclic amines) is 1. The zero-order valence-corrected chi connectivity index (χ0v) is 9.92. The number of benzene rings is 1. The van der Waals surface area contributed by atoms with Crippen molar-refractivity contribution in [3.8, 4) is 0 Å².